The van der Waals surface area contributed by atoms with Crippen LogP contribution in [0.3, 0.4) is 0 Å². The molecule has 2 amide bonds. The number of rotatable bonds is 10. The molecule has 238 valence electrons. The smallest absolute Gasteiger partial charge is 0.341 e. The molecule has 1 fully saturated rings. The number of amides is 2. The van der Waals surface area contributed by atoms with Crippen molar-refractivity contribution in [3.05, 3.63) is 89.1 Å². The minimum absolute atomic E-state index is 0.108. The van der Waals surface area contributed by atoms with E-state index in [1.165, 1.54) is 0 Å². The second kappa shape index (κ2) is 14.7. The summed E-state index contributed by atoms with van der Waals surface area (Å²) in [5.41, 5.74) is 6.78. The van der Waals surface area contributed by atoms with Crippen LogP contribution in [0.2, 0.25) is 0 Å². The summed E-state index contributed by atoms with van der Waals surface area (Å²) in [5.74, 6) is 1.40. The first-order valence-corrected chi connectivity index (χ1v) is 15.4. The van der Waals surface area contributed by atoms with Crippen molar-refractivity contribution in [2.45, 2.75) is 27.3 Å². The normalized spacial score (nSPS) is 16.2. The van der Waals surface area contributed by atoms with Crippen molar-refractivity contribution in [3.8, 4) is 5.75 Å². The first-order valence-electron chi connectivity index (χ1n) is 15.4. The van der Waals surface area contributed by atoms with Gasteiger partial charge in [-0.2, -0.15) is 0 Å². The minimum atomic E-state index is -0.503. The fourth-order valence-electron chi connectivity index (χ4n) is 5.30. The summed E-state index contributed by atoms with van der Waals surface area (Å²) in [6.07, 6.45) is 2.01. The molecule has 0 atom stereocenters. The van der Waals surface area contributed by atoms with Crippen molar-refractivity contribution < 1.29 is 19.0 Å². The van der Waals surface area contributed by atoms with E-state index in [0.29, 0.717) is 30.4 Å². The lowest BCUT2D eigenvalue weighted by atomic mass is 9.85. The zero-order valence-electron chi connectivity index (χ0n) is 26.9. The van der Waals surface area contributed by atoms with Crippen LogP contribution in [0.15, 0.2) is 88.3 Å². The molecule has 10 nitrogen and oxygen atoms in total. The molecule has 2 heterocycles. The highest BCUT2D eigenvalue weighted by Crippen LogP contribution is 2.35. The van der Waals surface area contributed by atoms with Crippen LogP contribution in [0, 0.1) is 5.41 Å². The summed E-state index contributed by atoms with van der Waals surface area (Å²) >= 11 is 0. The van der Waals surface area contributed by atoms with Crippen molar-refractivity contribution in [1.82, 2.24) is 15.2 Å². The molecule has 2 N–H and O–H groups in total. The van der Waals surface area contributed by atoms with Crippen LogP contribution in [0.4, 0.5) is 10.5 Å². The number of carbonyl (C=O) groups is 1. The molecule has 0 aliphatic carbocycles. The van der Waals surface area contributed by atoms with E-state index >= 15 is 0 Å². The van der Waals surface area contributed by atoms with Gasteiger partial charge in [0.25, 0.3) is 0 Å². The molecule has 0 spiro atoms. The first-order chi connectivity index (χ1) is 21.7. The molecule has 5 rings (SSSR count). The molecule has 0 saturated carbocycles. The van der Waals surface area contributed by atoms with Gasteiger partial charge in [-0.15, -0.1) is 5.11 Å². The second-order valence-electron chi connectivity index (χ2n) is 12.6. The van der Waals surface area contributed by atoms with E-state index < -0.39 is 6.03 Å². The van der Waals surface area contributed by atoms with Gasteiger partial charge in [-0.3, -0.25) is 4.90 Å². The molecule has 3 aromatic rings. The molecule has 1 saturated heterocycles. The number of fused-ring (bicyclic) bond motifs is 1. The van der Waals surface area contributed by atoms with Crippen molar-refractivity contribution in [2.75, 3.05) is 65.5 Å². The first kappa shape index (κ1) is 32.2. The van der Waals surface area contributed by atoms with E-state index in [2.05, 4.69) is 63.8 Å². The zero-order chi connectivity index (χ0) is 31.8. The molecule has 0 unspecified atom stereocenters. The largest absolute Gasteiger partial charge is 0.492 e. The average molecular weight is 613 g/mol. The van der Waals surface area contributed by atoms with E-state index in [4.69, 9.17) is 14.2 Å². The average Bonchev–Trinajstić information content (AvgIpc) is 3.02. The van der Waals surface area contributed by atoms with Crippen molar-refractivity contribution in [1.29, 1.82) is 0 Å². The van der Waals surface area contributed by atoms with Gasteiger partial charge in [-0.1, -0.05) is 68.5 Å². The van der Waals surface area contributed by atoms with Gasteiger partial charge >= 0.3 is 6.03 Å². The maximum Gasteiger partial charge on any atom is 0.341 e. The lowest BCUT2D eigenvalue weighted by molar-refractivity contribution is 0.0323. The third-order valence-corrected chi connectivity index (χ3v) is 7.78. The highest BCUT2D eigenvalue weighted by molar-refractivity contribution is 6.03. The van der Waals surface area contributed by atoms with Gasteiger partial charge in [-0.05, 0) is 54.9 Å². The highest BCUT2D eigenvalue weighted by atomic mass is 16.5. The maximum absolute atomic E-state index is 13.0. The Morgan fingerprint density at radius 3 is 2.56 bits per heavy atom. The molecule has 0 bridgehead atoms. The Bertz CT molecular complexity index is 1580. The Hall–Kier alpha value is -4.25. The minimum Gasteiger partial charge on any atom is -0.492 e. The van der Waals surface area contributed by atoms with Gasteiger partial charge in [-0.25, -0.2) is 10.2 Å². The quantitative estimate of drug-likeness (QED) is 0.201. The number of morpholine rings is 1. The number of hydrogen-bond donors (Lipinski definition) is 2. The van der Waals surface area contributed by atoms with Crippen molar-refractivity contribution in [2.24, 2.45) is 15.8 Å². The molecule has 0 radical (unpaired) electrons. The predicted octanol–water partition coefficient (Wildman–Crippen LogP) is 6.47. The molecular weight excluding hydrogens is 568 g/mol. The summed E-state index contributed by atoms with van der Waals surface area (Å²) in [6.45, 7) is 12.4. The Kier molecular flexibility index (Phi) is 10.5. The van der Waals surface area contributed by atoms with Crippen LogP contribution < -0.4 is 15.5 Å². The summed E-state index contributed by atoms with van der Waals surface area (Å²) in [5, 5.41) is 13.2. The van der Waals surface area contributed by atoms with Gasteiger partial charge in [0.05, 0.1) is 18.9 Å². The molecule has 0 aromatic heterocycles. The van der Waals surface area contributed by atoms with Crippen LogP contribution >= 0.6 is 0 Å². The number of allylic oxidation sites excluding steroid dienone is 1. The summed E-state index contributed by atoms with van der Waals surface area (Å²) in [6, 6.07) is 19.3. The zero-order valence-corrected chi connectivity index (χ0v) is 26.9. The summed E-state index contributed by atoms with van der Waals surface area (Å²) < 4.78 is 17.8. The Balaban J connectivity index is 1.29. The van der Waals surface area contributed by atoms with E-state index in [1.807, 2.05) is 68.7 Å². The number of urea groups is 1. The van der Waals surface area contributed by atoms with Crippen molar-refractivity contribution in [3.63, 3.8) is 0 Å². The number of nitrogens with one attached hydrogen (secondary N) is 2. The van der Waals surface area contributed by atoms with Gasteiger partial charge in [0.1, 0.15) is 24.7 Å². The molecule has 10 heteroatoms. The second-order valence-corrected chi connectivity index (χ2v) is 12.6. The topological polar surface area (TPSA) is 100 Å². The number of anilines is 1. The van der Waals surface area contributed by atoms with Gasteiger partial charge in [0, 0.05) is 42.5 Å². The Labute approximate surface area is 265 Å². The third kappa shape index (κ3) is 8.69. The van der Waals surface area contributed by atoms with Crippen LogP contribution in [0.1, 0.15) is 31.9 Å². The molecule has 2 aliphatic heterocycles. The van der Waals surface area contributed by atoms with Gasteiger partial charge in [0.15, 0.2) is 5.76 Å². The number of benzene rings is 3. The standard InChI is InChI=1S/C35H44N6O4/c1-35(2,3)27-22-31(33(45-24-27)26-10-8-9-25(21-26)23-40(4)5)37-39-38-34(42)36-30-13-14-32(29-12-7-6-11-28(29)30)44-20-17-41-15-18-43-19-16-41/h6-14,21-22H,15-20,23-24H2,1-5H3,(H2,36,37,38,42). The van der Waals surface area contributed by atoms with Crippen LogP contribution in [0.25, 0.3) is 16.5 Å². The summed E-state index contributed by atoms with van der Waals surface area (Å²) in [4.78, 5) is 17.4. The highest BCUT2D eigenvalue weighted by Gasteiger charge is 2.25. The maximum atomic E-state index is 13.0. The number of nitrogens with zero attached hydrogens (tertiary/aromatic N) is 4. The van der Waals surface area contributed by atoms with E-state index in [-0.39, 0.29) is 5.41 Å². The number of ether oxygens (including phenoxy) is 3. The number of hydrogen-bond acceptors (Lipinski definition) is 8. The fraction of sp³-hybridized carbons (Fsp3) is 0.400. The Morgan fingerprint density at radius 1 is 1.02 bits per heavy atom. The SMILES string of the molecule is CN(C)Cc1cccc(C2=C(N=NNC(=O)Nc3ccc(OCCN4CCOCC4)c4ccccc34)C=C(C(C)(C)C)CO2)c1. The van der Waals surface area contributed by atoms with Crippen LogP contribution in [-0.4, -0.2) is 76.0 Å². The lowest BCUT2D eigenvalue weighted by Crippen LogP contribution is -2.38. The molecule has 45 heavy (non-hydrogen) atoms. The van der Waals surface area contributed by atoms with Crippen LogP contribution in [0.5, 0.6) is 5.75 Å². The summed E-state index contributed by atoms with van der Waals surface area (Å²) in [7, 11) is 4.08. The van der Waals surface area contributed by atoms with E-state index in [0.717, 1.165) is 72.6 Å². The predicted molar refractivity (Wildman–Crippen MR) is 178 cm³/mol. The van der Waals surface area contributed by atoms with Gasteiger partial charge in [0.2, 0.25) is 0 Å². The molecule has 2 aliphatic rings. The molecular formula is C35H44N6O4. The Morgan fingerprint density at radius 2 is 1.80 bits per heavy atom. The third-order valence-electron chi connectivity index (χ3n) is 7.78. The van der Waals surface area contributed by atoms with Gasteiger partial charge < -0.3 is 24.4 Å². The van der Waals surface area contributed by atoms with Crippen molar-refractivity contribution >= 4 is 28.3 Å². The fourth-order valence-corrected chi connectivity index (χ4v) is 5.30. The monoisotopic (exact) mass is 612 g/mol. The van der Waals surface area contributed by atoms with Crippen LogP contribution in [-0.2, 0) is 16.0 Å². The van der Waals surface area contributed by atoms with E-state index in [1.54, 1.807) is 0 Å². The van der Waals surface area contributed by atoms with E-state index in [9.17, 15) is 4.79 Å². The lowest BCUT2D eigenvalue weighted by Gasteiger charge is -2.28. The molecule has 3 aromatic carbocycles. The number of carbonyl (C=O) groups excluding carboxylic acids is 1.